The largest absolute Gasteiger partial charge is 0.507 e. The lowest BCUT2D eigenvalue weighted by molar-refractivity contribution is 0.214. The summed E-state index contributed by atoms with van der Waals surface area (Å²) in [5.41, 5.74) is 15.2. The minimum absolute atomic E-state index is 0.136. The summed E-state index contributed by atoms with van der Waals surface area (Å²) in [5.74, 6) is 1.35. The summed E-state index contributed by atoms with van der Waals surface area (Å²) in [7, 11) is 0. The normalized spacial score (nSPS) is 20.3. The predicted octanol–water partition coefficient (Wildman–Crippen LogP) is 3.34. The Hall–Kier alpha value is -2.51. The number of hydrogen-bond acceptors (Lipinski definition) is 7. The standard InChI is InChI=1S/C24H35N5O2/c25-23-18(17-7-6-10-27-16-17)15-19(28-24(23)26)22-20(30)8-5-9-21(22)31-14-13-29-11-3-1-2-4-12-29/h5,8-9,15,17,27,30H,1-4,6-7,10-14,16,25H2,(H2,26,28). The molecule has 1 atom stereocenters. The molecule has 2 aliphatic rings. The van der Waals surface area contributed by atoms with E-state index < -0.39 is 0 Å². The van der Waals surface area contributed by atoms with E-state index >= 15 is 0 Å². The van der Waals surface area contributed by atoms with Crippen LogP contribution in [0.3, 0.4) is 0 Å². The molecule has 31 heavy (non-hydrogen) atoms. The van der Waals surface area contributed by atoms with Gasteiger partial charge in [0.15, 0.2) is 0 Å². The Morgan fingerprint density at radius 1 is 1.13 bits per heavy atom. The number of aromatic nitrogens is 1. The van der Waals surface area contributed by atoms with E-state index in [9.17, 15) is 5.11 Å². The van der Waals surface area contributed by atoms with Crippen LogP contribution < -0.4 is 21.5 Å². The van der Waals surface area contributed by atoms with E-state index in [1.807, 2.05) is 12.1 Å². The molecule has 2 aromatic rings. The zero-order valence-electron chi connectivity index (χ0n) is 18.3. The fourth-order valence-electron chi connectivity index (χ4n) is 4.72. The third-order valence-electron chi connectivity index (χ3n) is 6.48. The number of hydrogen-bond donors (Lipinski definition) is 4. The van der Waals surface area contributed by atoms with Gasteiger partial charge in [0.1, 0.15) is 23.9 Å². The SMILES string of the molecule is Nc1nc(-c2c(O)cccc2OCCN2CCCCCC2)cc(C2CCCNC2)c1N. The maximum atomic E-state index is 10.7. The van der Waals surface area contributed by atoms with E-state index in [-0.39, 0.29) is 11.7 Å². The summed E-state index contributed by atoms with van der Waals surface area (Å²) in [6.07, 6.45) is 7.30. The molecule has 1 aromatic carbocycles. The van der Waals surface area contributed by atoms with E-state index in [0.717, 1.165) is 51.1 Å². The van der Waals surface area contributed by atoms with Crippen molar-refractivity contribution in [1.29, 1.82) is 0 Å². The lowest BCUT2D eigenvalue weighted by Crippen LogP contribution is -2.29. The van der Waals surface area contributed by atoms with Gasteiger partial charge >= 0.3 is 0 Å². The maximum Gasteiger partial charge on any atom is 0.147 e. The minimum Gasteiger partial charge on any atom is -0.507 e. The number of benzene rings is 1. The third kappa shape index (κ3) is 5.22. The van der Waals surface area contributed by atoms with Crippen LogP contribution in [0.2, 0.25) is 0 Å². The van der Waals surface area contributed by atoms with Crippen LogP contribution in [0, 0.1) is 0 Å². The second-order valence-corrected chi connectivity index (χ2v) is 8.69. The van der Waals surface area contributed by atoms with Gasteiger partial charge < -0.3 is 26.6 Å². The van der Waals surface area contributed by atoms with Crippen molar-refractivity contribution in [2.24, 2.45) is 0 Å². The average molecular weight is 426 g/mol. The summed E-state index contributed by atoms with van der Waals surface area (Å²) in [4.78, 5) is 6.97. The first-order valence-electron chi connectivity index (χ1n) is 11.6. The monoisotopic (exact) mass is 425 g/mol. The van der Waals surface area contributed by atoms with Gasteiger partial charge in [0.25, 0.3) is 0 Å². The number of nitrogens with zero attached hydrogens (tertiary/aromatic N) is 2. The number of piperidine rings is 1. The number of phenolic OH excluding ortho intramolecular Hbond substituents is 1. The highest BCUT2D eigenvalue weighted by Crippen LogP contribution is 2.40. The van der Waals surface area contributed by atoms with E-state index in [0.29, 0.717) is 35.1 Å². The molecule has 0 bridgehead atoms. The molecule has 4 rings (SSSR count). The Labute approximate surface area is 184 Å². The molecular formula is C24H35N5O2. The number of phenols is 1. The van der Waals surface area contributed by atoms with Crippen molar-refractivity contribution in [3.8, 4) is 22.8 Å². The average Bonchev–Trinajstić information content (AvgIpc) is 3.05. The van der Waals surface area contributed by atoms with Gasteiger partial charge in [-0.05, 0) is 75.0 Å². The highest BCUT2D eigenvalue weighted by Gasteiger charge is 2.23. The van der Waals surface area contributed by atoms with Crippen molar-refractivity contribution in [2.45, 2.75) is 44.4 Å². The number of nitrogens with two attached hydrogens (primary N) is 2. The highest BCUT2D eigenvalue weighted by molar-refractivity contribution is 5.78. The van der Waals surface area contributed by atoms with E-state index in [2.05, 4.69) is 15.2 Å². The molecule has 6 N–H and O–H groups in total. The van der Waals surface area contributed by atoms with Crippen LogP contribution in [-0.2, 0) is 0 Å². The molecule has 168 valence electrons. The molecule has 1 aromatic heterocycles. The van der Waals surface area contributed by atoms with Crippen LogP contribution in [0.1, 0.15) is 50.0 Å². The molecule has 2 saturated heterocycles. The van der Waals surface area contributed by atoms with Gasteiger partial charge in [0.2, 0.25) is 0 Å². The van der Waals surface area contributed by atoms with Crippen LogP contribution in [0.25, 0.3) is 11.3 Å². The lowest BCUT2D eigenvalue weighted by Gasteiger charge is -2.25. The van der Waals surface area contributed by atoms with Crippen LogP contribution in [0.15, 0.2) is 24.3 Å². The van der Waals surface area contributed by atoms with Crippen molar-refractivity contribution < 1.29 is 9.84 Å². The molecular weight excluding hydrogens is 390 g/mol. The topological polar surface area (TPSA) is 110 Å². The predicted molar refractivity (Wildman–Crippen MR) is 125 cm³/mol. The molecule has 0 aliphatic carbocycles. The Morgan fingerprint density at radius 3 is 2.68 bits per heavy atom. The first-order valence-corrected chi connectivity index (χ1v) is 11.6. The molecule has 2 fully saturated rings. The smallest absolute Gasteiger partial charge is 0.147 e. The Balaban J connectivity index is 1.57. The van der Waals surface area contributed by atoms with Crippen LogP contribution in [-0.4, -0.2) is 54.3 Å². The summed E-state index contributed by atoms with van der Waals surface area (Å²) < 4.78 is 6.15. The molecule has 7 nitrogen and oxygen atoms in total. The quantitative estimate of drug-likeness (QED) is 0.562. The lowest BCUT2D eigenvalue weighted by atomic mass is 9.89. The molecule has 0 spiro atoms. The van der Waals surface area contributed by atoms with E-state index in [1.54, 1.807) is 12.1 Å². The fraction of sp³-hybridized carbons (Fsp3) is 0.542. The number of pyridine rings is 1. The van der Waals surface area contributed by atoms with Gasteiger partial charge in [-0.2, -0.15) is 0 Å². The first kappa shape index (κ1) is 21.7. The third-order valence-corrected chi connectivity index (χ3v) is 6.48. The molecule has 0 saturated carbocycles. The zero-order chi connectivity index (χ0) is 21.6. The molecule has 7 heteroatoms. The van der Waals surface area contributed by atoms with Gasteiger partial charge in [-0.3, -0.25) is 4.90 Å². The van der Waals surface area contributed by atoms with Crippen LogP contribution in [0.5, 0.6) is 11.5 Å². The Morgan fingerprint density at radius 2 is 1.94 bits per heavy atom. The number of rotatable bonds is 6. The number of aromatic hydroxyl groups is 1. The van der Waals surface area contributed by atoms with Crippen molar-refractivity contribution >= 4 is 11.5 Å². The van der Waals surface area contributed by atoms with Crippen LogP contribution >= 0.6 is 0 Å². The number of likely N-dealkylation sites (tertiary alicyclic amines) is 1. The molecule has 0 radical (unpaired) electrons. The minimum atomic E-state index is 0.136. The van der Waals surface area contributed by atoms with Crippen molar-refractivity contribution in [2.75, 3.05) is 50.8 Å². The summed E-state index contributed by atoms with van der Waals surface area (Å²) in [6, 6.07) is 7.31. The Kier molecular flexibility index (Phi) is 7.14. The summed E-state index contributed by atoms with van der Waals surface area (Å²) in [6.45, 7) is 5.60. The molecule has 2 aliphatic heterocycles. The van der Waals surface area contributed by atoms with Gasteiger partial charge in [-0.15, -0.1) is 0 Å². The van der Waals surface area contributed by atoms with Crippen molar-refractivity contribution in [1.82, 2.24) is 15.2 Å². The number of anilines is 2. The zero-order valence-corrected chi connectivity index (χ0v) is 18.3. The summed E-state index contributed by atoms with van der Waals surface area (Å²) in [5, 5.41) is 14.1. The number of nitrogen functional groups attached to an aromatic ring is 2. The fourth-order valence-corrected chi connectivity index (χ4v) is 4.72. The van der Waals surface area contributed by atoms with E-state index in [4.69, 9.17) is 16.2 Å². The number of nitrogens with one attached hydrogen (secondary N) is 1. The summed E-state index contributed by atoms with van der Waals surface area (Å²) >= 11 is 0. The molecule has 0 amide bonds. The van der Waals surface area contributed by atoms with Gasteiger partial charge in [0, 0.05) is 13.1 Å². The van der Waals surface area contributed by atoms with Crippen molar-refractivity contribution in [3.05, 3.63) is 29.8 Å². The second kappa shape index (κ2) is 10.2. The first-order chi connectivity index (χ1) is 15.1. The van der Waals surface area contributed by atoms with Gasteiger partial charge in [0.05, 0.1) is 16.9 Å². The molecule has 1 unspecified atom stereocenters. The Bertz CT molecular complexity index is 875. The van der Waals surface area contributed by atoms with Crippen LogP contribution in [0.4, 0.5) is 11.5 Å². The highest BCUT2D eigenvalue weighted by atomic mass is 16.5. The van der Waals surface area contributed by atoms with Gasteiger partial charge in [-0.1, -0.05) is 18.9 Å². The van der Waals surface area contributed by atoms with Gasteiger partial charge in [-0.25, -0.2) is 4.98 Å². The van der Waals surface area contributed by atoms with E-state index in [1.165, 1.54) is 25.7 Å². The van der Waals surface area contributed by atoms with Crippen molar-refractivity contribution in [3.63, 3.8) is 0 Å². The second-order valence-electron chi connectivity index (χ2n) is 8.69. The number of ether oxygens (including phenoxy) is 1. The maximum absolute atomic E-state index is 10.7. The molecule has 3 heterocycles.